The normalized spacial score (nSPS) is 10.9. The summed E-state index contributed by atoms with van der Waals surface area (Å²) in [5.74, 6) is 0.660. The molecule has 0 spiro atoms. The highest BCUT2D eigenvalue weighted by Gasteiger charge is 2.15. The number of aromatic nitrogens is 2. The van der Waals surface area contributed by atoms with Gasteiger partial charge in [-0.05, 0) is 23.8 Å². The number of amides is 1. The SMILES string of the molecule is COCCNC(=O)CN(C)c1ncnc2cc(-c3ccc(Cl)cc3)sc12. The van der Waals surface area contributed by atoms with Crippen LogP contribution in [0.3, 0.4) is 0 Å². The van der Waals surface area contributed by atoms with Gasteiger partial charge in [-0.1, -0.05) is 23.7 Å². The summed E-state index contributed by atoms with van der Waals surface area (Å²) in [6.07, 6.45) is 1.52. The highest BCUT2D eigenvalue weighted by Crippen LogP contribution is 2.36. The minimum absolute atomic E-state index is 0.0780. The van der Waals surface area contributed by atoms with Crippen LogP contribution in [0.4, 0.5) is 5.82 Å². The first-order valence-corrected chi connectivity index (χ1v) is 9.25. The van der Waals surface area contributed by atoms with Gasteiger partial charge in [0.2, 0.25) is 5.91 Å². The van der Waals surface area contributed by atoms with Crippen LogP contribution in [0, 0.1) is 0 Å². The predicted molar refractivity (Wildman–Crippen MR) is 106 cm³/mol. The average Bonchev–Trinajstić information content (AvgIpc) is 3.06. The molecular formula is C18H19ClN4O2S. The molecule has 0 aliphatic heterocycles. The molecule has 3 aromatic rings. The Kier molecular flexibility index (Phi) is 6.03. The molecule has 3 rings (SSSR count). The number of hydrogen-bond donors (Lipinski definition) is 1. The Morgan fingerprint density at radius 3 is 2.81 bits per heavy atom. The van der Waals surface area contributed by atoms with E-state index < -0.39 is 0 Å². The van der Waals surface area contributed by atoms with Gasteiger partial charge in [0, 0.05) is 30.6 Å². The molecule has 0 saturated carbocycles. The Bertz CT molecular complexity index is 898. The second-order valence-electron chi connectivity index (χ2n) is 5.73. The lowest BCUT2D eigenvalue weighted by Crippen LogP contribution is -2.37. The third-order valence-corrected chi connectivity index (χ3v) is 5.21. The van der Waals surface area contributed by atoms with Gasteiger partial charge in [-0.15, -0.1) is 11.3 Å². The number of ether oxygens (including phenoxy) is 1. The summed E-state index contributed by atoms with van der Waals surface area (Å²) in [5.41, 5.74) is 1.93. The minimum Gasteiger partial charge on any atom is -0.383 e. The summed E-state index contributed by atoms with van der Waals surface area (Å²) in [5, 5.41) is 3.51. The molecule has 2 heterocycles. The summed E-state index contributed by atoms with van der Waals surface area (Å²) in [6, 6.07) is 9.72. The van der Waals surface area contributed by atoms with Gasteiger partial charge in [0.15, 0.2) is 0 Å². The summed E-state index contributed by atoms with van der Waals surface area (Å²) in [7, 11) is 3.45. The molecule has 1 N–H and O–H groups in total. The number of halogens is 1. The Hall–Kier alpha value is -2.22. The number of carbonyl (C=O) groups is 1. The maximum atomic E-state index is 12.0. The van der Waals surface area contributed by atoms with E-state index >= 15 is 0 Å². The highest BCUT2D eigenvalue weighted by atomic mass is 35.5. The van der Waals surface area contributed by atoms with E-state index in [4.69, 9.17) is 16.3 Å². The van der Waals surface area contributed by atoms with E-state index in [1.54, 1.807) is 18.4 Å². The smallest absolute Gasteiger partial charge is 0.239 e. The molecule has 0 bridgehead atoms. The van der Waals surface area contributed by atoms with Gasteiger partial charge in [-0.2, -0.15) is 0 Å². The topological polar surface area (TPSA) is 67.3 Å². The number of benzene rings is 1. The molecule has 26 heavy (non-hydrogen) atoms. The molecule has 6 nitrogen and oxygen atoms in total. The van der Waals surface area contributed by atoms with Crippen molar-refractivity contribution >= 4 is 44.9 Å². The van der Waals surface area contributed by atoms with Crippen LogP contribution in [0.15, 0.2) is 36.7 Å². The lowest BCUT2D eigenvalue weighted by Gasteiger charge is -2.17. The monoisotopic (exact) mass is 390 g/mol. The van der Waals surface area contributed by atoms with Crippen LogP contribution in [-0.4, -0.2) is 49.7 Å². The van der Waals surface area contributed by atoms with Crippen LogP contribution in [0.2, 0.25) is 5.02 Å². The number of thiophene rings is 1. The molecule has 0 atom stereocenters. The predicted octanol–water partition coefficient (Wildman–Crippen LogP) is 3.21. The minimum atomic E-state index is -0.0780. The van der Waals surface area contributed by atoms with Gasteiger partial charge in [0.05, 0.1) is 23.4 Å². The van der Waals surface area contributed by atoms with E-state index in [9.17, 15) is 4.79 Å². The van der Waals surface area contributed by atoms with Gasteiger partial charge >= 0.3 is 0 Å². The molecular weight excluding hydrogens is 372 g/mol. The maximum Gasteiger partial charge on any atom is 0.239 e. The first-order chi connectivity index (χ1) is 12.6. The number of hydrogen-bond acceptors (Lipinski definition) is 6. The van der Waals surface area contributed by atoms with Crippen molar-refractivity contribution in [2.75, 3.05) is 38.8 Å². The molecule has 0 saturated heterocycles. The Morgan fingerprint density at radius 2 is 2.08 bits per heavy atom. The molecule has 0 fully saturated rings. The van der Waals surface area contributed by atoms with Crippen LogP contribution >= 0.6 is 22.9 Å². The molecule has 0 radical (unpaired) electrons. The Labute approximate surface area is 160 Å². The third-order valence-electron chi connectivity index (χ3n) is 3.79. The number of nitrogens with one attached hydrogen (secondary N) is 1. The lowest BCUT2D eigenvalue weighted by molar-refractivity contribution is -0.119. The van der Waals surface area contributed by atoms with Crippen LogP contribution in [-0.2, 0) is 9.53 Å². The van der Waals surface area contributed by atoms with Crippen molar-refractivity contribution in [3.63, 3.8) is 0 Å². The first-order valence-electron chi connectivity index (χ1n) is 8.05. The quantitative estimate of drug-likeness (QED) is 0.627. The van der Waals surface area contributed by atoms with Crippen molar-refractivity contribution in [3.05, 3.63) is 41.7 Å². The van der Waals surface area contributed by atoms with Crippen LogP contribution in [0.25, 0.3) is 20.7 Å². The van der Waals surface area contributed by atoms with Crippen LogP contribution in [0.1, 0.15) is 0 Å². The Balaban J connectivity index is 1.82. The number of likely N-dealkylation sites (N-methyl/N-ethyl adjacent to an activating group) is 1. The fourth-order valence-electron chi connectivity index (χ4n) is 2.51. The zero-order valence-corrected chi connectivity index (χ0v) is 16.1. The first kappa shape index (κ1) is 18.6. The fraction of sp³-hybridized carbons (Fsp3) is 0.278. The molecule has 0 aliphatic rings. The Morgan fingerprint density at radius 1 is 1.31 bits per heavy atom. The highest BCUT2D eigenvalue weighted by molar-refractivity contribution is 7.22. The van der Waals surface area contributed by atoms with Crippen LogP contribution < -0.4 is 10.2 Å². The van der Waals surface area contributed by atoms with Gasteiger partial charge in [0.1, 0.15) is 12.1 Å². The molecule has 136 valence electrons. The lowest BCUT2D eigenvalue weighted by atomic mass is 10.2. The number of fused-ring (bicyclic) bond motifs is 1. The van der Waals surface area contributed by atoms with Crippen LogP contribution in [0.5, 0.6) is 0 Å². The number of rotatable bonds is 7. The summed E-state index contributed by atoms with van der Waals surface area (Å²) in [6.45, 7) is 1.19. The molecule has 0 unspecified atom stereocenters. The van der Waals surface area contributed by atoms with Crippen molar-refractivity contribution in [2.24, 2.45) is 0 Å². The molecule has 0 aliphatic carbocycles. The summed E-state index contributed by atoms with van der Waals surface area (Å²) >= 11 is 7.57. The summed E-state index contributed by atoms with van der Waals surface area (Å²) in [4.78, 5) is 23.7. The molecule has 8 heteroatoms. The average molecular weight is 391 g/mol. The van der Waals surface area contributed by atoms with E-state index in [0.29, 0.717) is 18.2 Å². The third kappa shape index (κ3) is 4.30. The van der Waals surface area contributed by atoms with E-state index in [0.717, 1.165) is 26.5 Å². The van der Waals surface area contributed by atoms with Gasteiger partial charge in [0.25, 0.3) is 0 Å². The van der Waals surface area contributed by atoms with E-state index in [1.165, 1.54) is 6.33 Å². The second kappa shape index (κ2) is 8.44. The number of nitrogens with zero attached hydrogens (tertiary/aromatic N) is 3. The number of methoxy groups -OCH3 is 1. The number of anilines is 1. The van der Waals surface area contributed by atoms with Gasteiger partial charge < -0.3 is 15.0 Å². The van der Waals surface area contributed by atoms with Gasteiger partial charge in [-0.3, -0.25) is 4.79 Å². The maximum absolute atomic E-state index is 12.0. The summed E-state index contributed by atoms with van der Waals surface area (Å²) < 4.78 is 5.88. The van der Waals surface area contributed by atoms with Gasteiger partial charge in [-0.25, -0.2) is 9.97 Å². The molecule has 1 amide bonds. The molecule has 2 aromatic heterocycles. The van der Waals surface area contributed by atoms with Crippen molar-refractivity contribution in [1.29, 1.82) is 0 Å². The van der Waals surface area contributed by atoms with Crippen molar-refractivity contribution < 1.29 is 9.53 Å². The van der Waals surface area contributed by atoms with E-state index in [1.807, 2.05) is 42.3 Å². The van der Waals surface area contributed by atoms with E-state index in [2.05, 4.69) is 15.3 Å². The largest absolute Gasteiger partial charge is 0.383 e. The zero-order chi connectivity index (χ0) is 18.5. The second-order valence-corrected chi connectivity index (χ2v) is 7.22. The van der Waals surface area contributed by atoms with E-state index in [-0.39, 0.29) is 12.5 Å². The standard InChI is InChI=1S/C18H19ClN4O2S/c1-23(10-16(24)20-7-8-25-2)18-17-14(21-11-22-18)9-15(26-17)12-3-5-13(19)6-4-12/h3-6,9,11H,7-8,10H2,1-2H3,(H,20,24). The molecule has 1 aromatic carbocycles. The van der Waals surface area contributed by atoms with Crippen molar-refractivity contribution in [3.8, 4) is 10.4 Å². The zero-order valence-electron chi connectivity index (χ0n) is 14.5. The fourth-order valence-corrected chi connectivity index (χ4v) is 3.80. The van der Waals surface area contributed by atoms with Crippen molar-refractivity contribution in [2.45, 2.75) is 0 Å². The van der Waals surface area contributed by atoms with Crippen molar-refractivity contribution in [1.82, 2.24) is 15.3 Å². The number of carbonyl (C=O) groups excluding carboxylic acids is 1.